The molecule has 0 amide bonds. The van der Waals surface area contributed by atoms with E-state index >= 15 is 0 Å². The van der Waals surface area contributed by atoms with Gasteiger partial charge in [0.1, 0.15) is 11.5 Å². The number of phenolic OH excluding ortho intramolecular Hbond substituents is 2. The van der Waals surface area contributed by atoms with E-state index < -0.39 is 0 Å². The molecule has 0 bridgehead atoms. The number of benzene rings is 3. The maximum absolute atomic E-state index is 11.5. The molecule has 2 aliphatic rings. The lowest BCUT2D eigenvalue weighted by atomic mass is 9.90. The fourth-order valence-corrected chi connectivity index (χ4v) is 6.25. The largest absolute Gasteiger partial charge is 0.507 e. The lowest BCUT2D eigenvalue weighted by Gasteiger charge is -2.21. The van der Waals surface area contributed by atoms with Crippen molar-refractivity contribution in [3.63, 3.8) is 0 Å². The summed E-state index contributed by atoms with van der Waals surface area (Å²) in [6.07, 6.45) is 12.8. The first kappa shape index (κ1) is 27.9. The van der Waals surface area contributed by atoms with Crippen LogP contribution < -0.4 is 0 Å². The maximum Gasteiger partial charge on any atom is 0.167 e. The number of hydrogen-bond donors (Lipinski definition) is 2. The summed E-state index contributed by atoms with van der Waals surface area (Å²) in [7, 11) is 0. The third-order valence-corrected chi connectivity index (χ3v) is 8.50. The van der Waals surface area contributed by atoms with Gasteiger partial charge in [-0.1, -0.05) is 36.4 Å². The molecule has 6 rings (SSSR count). The van der Waals surface area contributed by atoms with Crippen molar-refractivity contribution >= 4 is 0 Å². The van der Waals surface area contributed by atoms with Gasteiger partial charge < -0.3 is 10.2 Å². The average Bonchev–Trinajstić information content (AvgIpc) is 3.02. The Hall–Kier alpha value is -4.29. The third kappa shape index (κ3) is 5.72. The zero-order valence-corrected chi connectivity index (χ0v) is 24.1. The lowest BCUT2D eigenvalue weighted by molar-refractivity contribution is 0.313. The predicted octanol–water partition coefficient (Wildman–Crippen LogP) is 7.22. The number of aromatic nitrogens is 3. The summed E-state index contributed by atoms with van der Waals surface area (Å²) in [6, 6.07) is 16.3. The van der Waals surface area contributed by atoms with Crippen LogP contribution in [0.3, 0.4) is 0 Å². The van der Waals surface area contributed by atoms with Crippen molar-refractivity contribution in [1.29, 1.82) is 0 Å². The minimum absolute atomic E-state index is 0.0215. The third-order valence-electron chi connectivity index (χ3n) is 8.50. The highest BCUT2D eigenvalue weighted by molar-refractivity contribution is 5.73. The topological polar surface area (TPSA) is 82.4 Å². The standard InChI is InChI=1S/C36H38N4O2/c1-3-19-40(20-4-2)23-31-32(41)18-17-30(33(31)42)36-38-34(28-15-13-24-9-5-7-11-26(24)21-28)37-35(39-36)29-16-14-25-10-6-8-12-27(25)22-29/h3-4,13-18,21-22,41-42H,1-2,5-12,19-20,23H2. The Balaban J connectivity index is 1.48. The van der Waals surface area contributed by atoms with Crippen LogP contribution in [0.15, 0.2) is 73.8 Å². The van der Waals surface area contributed by atoms with Gasteiger partial charge in [0.2, 0.25) is 0 Å². The number of fused-ring (bicyclic) bond motifs is 2. The van der Waals surface area contributed by atoms with E-state index in [2.05, 4.69) is 49.6 Å². The molecule has 0 saturated heterocycles. The van der Waals surface area contributed by atoms with Crippen LogP contribution in [0.25, 0.3) is 34.2 Å². The quantitative estimate of drug-likeness (QED) is 0.211. The minimum atomic E-state index is -0.0351. The normalized spacial score (nSPS) is 14.3. The second-order valence-electron chi connectivity index (χ2n) is 11.4. The van der Waals surface area contributed by atoms with Crippen molar-refractivity contribution in [2.24, 2.45) is 0 Å². The minimum Gasteiger partial charge on any atom is -0.507 e. The van der Waals surface area contributed by atoms with Gasteiger partial charge in [-0.3, -0.25) is 4.90 Å². The van der Waals surface area contributed by atoms with Crippen LogP contribution >= 0.6 is 0 Å². The molecule has 0 aliphatic heterocycles. The Kier molecular flexibility index (Phi) is 8.15. The van der Waals surface area contributed by atoms with Crippen LogP contribution in [0.4, 0.5) is 0 Å². The zero-order valence-electron chi connectivity index (χ0n) is 24.1. The van der Waals surface area contributed by atoms with Gasteiger partial charge in [0.25, 0.3) is 0 Å². The van der Waals surface area contributed by atoms with Crippen molar-refractivity contribution in [3.8, 4) is 45.7 Å². The van der Waals surface area contributed by atoms with E-state index in [4.69, 9.17) is 15.0 Å². The second-order valence-corrected chi connectivity index (χ2v) is 11.4. The van der Waals surface area contributed by atoms with Crippen molar-refractivity contribution in [3.05, 3.63) is 102 Å². The van der Waals surface area contributed by atoms with Crippen molar-refractivity contribution in [2.45, 2.75) is 57.9 Å². The van der Waals surface area contributed by atoms with Crippen LogP contribution in [0.2, 0.25) is 0 Å². The number of aromatic hydroxyl groups is 2. The van der Waals surface area contributed by atoms with Crippen LogP contribution in [0.5, 0.6) is 11.5 Å². The van der Waals surface area contributed by atoms with Crippen molar-refractivity contribution in [2.75, 3.05) is 13.1 Å². The predicted molar refractivity (Wildman–Crippen MR) is 168 cm³/mol. The summed E-state index contributed by atoms with van der Waals surface area (Å²) in [5, 5.41) is 22.3. The van der Waals surface area contributed by atoms with E-state index in [0.717, 1.165) is 36.8 Å². The highest BCUT2D eigenvalue weighted by Gasteiger charge is 2.21. The molecule has 1 aromatic heterocycles. The Morgan fingerprint density at radius 2 is 1.14 bits per heavy atom. The van der Waals surface area contributed by atoms with Gasteiger partial charge in [0.05, 0.1) is 11.1 Å². The molecular formula is C36H38N4O2. The molecule has 1 heterocycles. The van der Waals surface area contributed by atoms with Gasteiger partial charge in [-0.2, -0.15) is 0 Å². The first-order valence-electron chi connectivity index (χ1n) is 15.0. The van der Waals surface area contributed by atoms with Crippen molar-refractivity contribution < 1.29 is 10.2 Å². The lowest BCUT2D eigenvalue weighted by Crippen LogP contribution is -2.23. The van der Waals surface area contributed by atoms with Gasteiger partial charge >= 0.3 is 0 Å². The van der Waals surface area contributed by atoms with Crippen LogP contribution in [0, 0.1) is 0 Å². The molecule has 42 heavy (non-hydrogen) atoms. The smallest absolute Gasteiger partial charge is 0.167 e. The molecule has 2 N–H and O–H groups in total. The Bertz CT molecular complexity index is 1560. The molecule has 6 heteroatoms. The molecule has 2 aliphatic carbocycles. The molecule has 214 valence electrons. The van der Waals surface area contributed by atoms with Crippen LogP contribution in [-0.4, -0.2) is 43.2 Å². The van der Waals surface area contributed by atoms with E-state index in [9.17, 15) is 10.2 Å². The first-order valence-corrected chi connectivity index (χ1v) is 15.0. The molecule has 0 atom stereocenters. The number of hydrogen-bond acceptors (Lipinski definition) is 6. The van der Waals surface area contributed by atoms with Gasteiger partial charge in [0.15, 0.2) is 17.5 Å². The Morgan fingerprint density at radius 3 is 1.67 bits per heavy atom. The van der Waals surface area contributed by atoms with Gasteiger partial charge in [-0.05, 0) is 97.9 Å². The molecule has 0 radical (unpaired) electrons. The summed E-state index contributed by atoms with van der Waals surface area (Å²) in [4.78, 5) is 16.8. The highest BCUT2D eigenvalue weighted by atomic mass is 16.3. The molecule has 3 aromatic carbocycles. The summed E-state index contributed by atoms with van der Waals surface area (Å²) < 4.78 is 0. The van der Waals surface area contributed by atoms with E-state index in [1.807, 2.05) is 4.90 Å². The molecular weight excluding hydrogens is 520 g/mol. The fourth-order valence-electron chi connectivity index (χ4n) is 6.25. The number of rotatable bonds is 9. The van der Waals surface area contributed by atoms with Crippen molar-refractivity contribution in [1.82, 2.24) is 19.9 Å². The van der Waals surface area contributed by atoms with Crippen LogP contribution in [-0.2, 0) is 32.2 Å². The Morgan fingerprint density at radius 1 is 0.643 bits per heavy atom. The molecule has 0 unspecified atom stereocenters. The average molecular weight is 559 g/mol. The van der Waals surface area contributed by atoms with Gasteiger partial charge in [-0.25, -0.2) is 15.0 Å². The zero-order chi connectivity index (χ0) is 29.1. The summed E-state index contributed by atoms with van der Waals surface area (Å²) in [5.74, 6) is 1.52. The summed E-state index contributed by atoms with van der Waals surface area (Å²) in [5.41, 5.74) is 8.28. The van der Waals surface area contributed by atoms with E-state index in [1.54, 1.807) is 24.3 Å². The first-order chi connectivity index (χ1) is 20.5. The van der Waals surface area contributed by atoms with E-state index in [0.29, 0.717) is 48.2 Å². The molecule has 6 nitrogen and oxygen atoms in total. The summed E-state index contributed by atoms with van der Waals surface area (Å²) >= 11 is 0. The monoisotopic (exact) mass is 558 g/mol. The number of aryl methyl sites for hydroxylation is 4. The second kappa shape index (κ2) is 12.3. The SMILES string of the molecule is C=CCN(CC=C)Cc1c(O)ccc(-c2nc(-c3ccc4c(c3)CCCC4)nc(-c3ccc4c(c3)CCCC4)n2)c1O. The van der Waals surface area contributed by atoms with E-state index in [-0.39, 0.29) is 11.5 Å². The number of phenols is 2. The summed E-state index contributed by atoms with van der Waals surface area (Å²) in [6.45, 7) is 9.18. The molecule has 0 spiro atoms. The molecule has 0 saturated carbocycles. The molecule has 4 aromatic rings. The van der Waals surface area contributed by atoms with Gasteiger partial charge in [0, 0.05) is 30.8 Å². The van der Waals surface area contributed by atoms with Gasteiger partial charge in [-0.15, -0.1) is 13.2 Å². The van der Waals surface area contributed by atoms with Crippen LogP contribution in [0.1, 0.15) is 53.5 Å². The fraction of sp³-hybridized carbons (Fsp3) is 0.306. The highest BCUT2D eigenvalue weighted by Crippen LogP contribution is 2.38. The number of nitrogens with zero attached hydrogens (tertiary/aromatic N) is 4. The molecule has 0 fully saturated rings. The van der Waals surface area contributed by atoms with E-state index in [1.165, 1.54) is 47.9 Å². The maximum atomic E-state index is 11.5. The Labute approximate surface area is 248 Å².